The lowest BCUT2D eigenvalue weighted by Crippen LogP contribution is -2.20. The molecule has 25 heavy (non-hydrogen) atoms. The van der Waals surface area contributed by atoms with E-state index in [4.69, 9.17) is 4.74 Å². The molecular formula is C22H38O3. The SMILES string of the molecule is CC.CC.CC.CC1C(=O)OCc2ccccc21.CC1CCCC1=O. The van der Waals surface area contributed by atoms with Crippen LogP contribution in [0.5, 0.6) is 0 Å². The van der Waals surface area contributed by atoms with Gasteiger partial charge in [-0.2, -0.15) is 0 Å². The summed E-state index contributed by atoms with van der Waals surface area (Å²) in [6.07, 6.45) is 3.08. The van der Waals surface area contributed by atoms with E-state index in [9.17, 15) is 9.59 Å². The van der Waals surface area contributed by atoms with Gasteiger partial charge >= 0.3 is 5.97 Å². The number of rotatable bonds is 0. The van der Waals surface area contributed by atoms with Gasteiger partial charge in [0.2, 0.25) is 0 Å². The van der Waals surface area contributed by atoms with E-state index >= 15 is 0 Å². The highest BCUT2D eigenvalue weighted by molar-refractivity contribution is 5.82. The summed E-state index contributed by atoms with van der Waals surface area (Å²) in [5.41, 5.74) is 2.23. The number of hydrogen-bond acceptors (Lipinski definition) is 3. The third kappa shape index (κ3) is 8.85. The van der Waals surface area contributed by atoms with Crippen LogP contribution in [0.15, 0.2) is 24.3 Å². The minimum absolute atomic E-state index is 0.102. The minimum Gasteiger partial charge on any atom is -0.460 e. The molecule has 1 aliphatic carbocycles. The molecule has 1 aromatic rings. The van der Waals surface area contributed by atoms with E-state index < -0.39 is 0 Å². The third-order valence-electron chi connectivity index (χ3n) is 3.86. The second-order valence-electron chi connectivity index (χ2n) is 5.29. The maximum Gasteiger partial charge on any atom is 0.313 e. The molecule has 0 radical (unpaired) electrons. The van der Waals surface area contributed by atoms with Gasteiger partial charge in [-0.05, 0) is 30.9 Å². The maximum atomic E-state index is 11.1. The summed E-state index contributed by atoms with van der Waals surface area (Å²) in [5, 5.41) is 0. The van der Waals surface area contributed by atoms with Gasteiger partial charge in [0.15, 0.2) is 0 Å². The fraction of sp³-hybridized carbons (Fsp3) is 0.636. The van der Waals surface area contributed by atoms with Gasteiger partial charge in [-0.15, -0.1) is 0 Å². The first kappa shape index (κ1) is 25.6. The zero-order valence-corrected chi connectivity index (χ0v) is 17.5. The molecule has 0 N–H and O–H groups in total. The number of esters is 1. The highest BCUT2D eigenvalue weighted by Gasteiger charge is 2.24. The Balaban J connectivity index is 0. The summed E-state index contributed by atoms with van der Waals surface area (Å²) >= 11 is 0. The highest BCUT2D eigenvalue weighted by atomic mass is 16.5. The van der Waals surface area contributed by atoms with Crippen molar-refractivity contribution in [3.63, 3.8) is 0 Å². The molecule has 0 saturated heterocycles. The van der Waals surface area contributed by atoms with Crippen LogP contribution in [-0.2, 0) is 20.9 Å². The Hall–Kier alpha value is -1.64. The van der Waals surface area contributed by atoms with Crippen LogP contribution >= 0.6 is 0 Å². The standard InChI is InChI=1S/C10H10O2.C6H10O.3C2H6/c1-7-9-5-3-2-4-8(9)6-12-10(7)11;1-5-3-2-4-6(5)7;3*1-2/h2-5,7H,6H2,1H3;5H,2-4H2,1H3;3*1-2H3. The largest absolute Gasteiger partial charge is 0.460 e. The highest BCUT2D eigenvalue weighted by Crippen LogP contribution is 2.26. The molecule has 3 rings (SSSR count). The van der Waals surface area contributed by atoms with E-state index in [1.807, 2.05) is 79.7 Å². The van der Waals surface area contributed by atoms with Crippen LogP contribution in [0.4, 0.5) is 0 Å². The van der Waals surface area contributed by atoms with Crippen molar-refractivity contribution in [2.24, 2.45) is 5.92 Å². The van der Waals surface area contributed by atoms with Crippen molar-refractivity contribution in [1.29, 1.82) is 0 Å². The number of carbonyl (C=O) groups excluding carboxylic acids is 2. The molecule has 0 amide bonds. The lowest BCUT2D eigenvalue weighted by Gasteiger charge is -2.20. The van der Waals surface area contributed by atoms with Gasteiger partial charge in [-0.1, -0.05) is 72.7 Å². The summed E-state index contributed by atoms with van der Waals surface area (Å²) in [6.45, 7) is 16.3. The molecular weight excluding hydrogens is 312 g/mol. The van der Waals surface area contributed by atoms with Crippen LogP contribution in [0, 0.1) is 5.92 Å². The Kier molecular flexibility index (Phi) is 16.2. The predicted octanol–water partition coefficient (Wildman–Crippen LogP) is 6.30. The molecule has 2 aliphatic rings. The zero-order chi connectivity index (χ0) is 19.8. The van der Waals surface area contributed by atoms with Crippen molar-refractivity contribution in [1.82, 2.24) is 0 Å². The predicted molar refractivity (Wildman–Crippen MR) is 107 cm³/mol. The first-order chi connectivity index (χ1) is 12.1. The molecule has 1 aromatic carbocycles. The molecule has 0 aromatic heterocycles. The summed E-state index contributed by atoms with van der Waals surface area (Å²) in [4.78, 5) is 21.7. The number of benzene rings is 1. The van der Waals surface area contributed by atoms with Gasteiger partial charge in [0.1, 0.15) is 12.4 Å². The molecule has 1 aliphatic heterocycles. The summed E-state index contributed by atoms with van der Waals surface area (Å²) in [5.74, 6) is 0.614. The molecule has 1 fully saturated rings. The molecule has 3 heteroatoms. The van der Waals surface area contributed by atoms with Crippen molar-refractivity contribution in [2.45, 2.75) is 87.2 Å². The van der Waals surface area contributed by atoms with Gasteiger partial charge in [0, 0.05) is 12.3 Å². The Labute approximate surface area is 155 Å². The number of cyclic esters (lactones) is 1. The Morgan fingerprint density at radius 2 is 1.48 bits per heavy atom. The molecule has 0 spiro atoms. The molecule has 0 bridgehead atoms. The molecule has 3 nitrogen and oxygen atoms in total. The van der Waals surface area contributed by atoms with Gasteiger partial charge in [-0.3, -0.25) is 9.59 Å². The normalized spacial score (nSPS) is 19.8. The lowest BCUT2D eigenvalue weighted by molar-refractivity contribution is -0.147. The van der Waals surface area contributed by atoms with Crippen LogP contribution in [0.1, 0.15) is 91.7 Å². The topological polar surface area (TPSA) is 43.4 Å². The average Bonchev–Trinajstić information content (AvgIpc) is 3.07. The average molecular weight is 351 g/mol. The summed E-state index contributed by atoms with van der Waals surface area (Å²) < 4.78 is 4.98. The van der Waals surface area contributed by atoms with Crippen LogP contribution in [0.2, 0.25) is 0 Å². The molecule has 2 unspecified atom stereocenters. The smallest absolute Gasteiger partial charge is 0.313 e. The number of hydrogen-bond donors (Lipinski definition) is 0. The van der Waals surface area contributed by atoms with Crippen molar-refractivity contribution < 1.29 is 14.3 Å². The number of fused-ring (bicyclic) bond motifs is 1. The van der Waals surface area contributed by atoms with Crippen LogP contribution in [0.25, 0.3) is 0 Å². The van der Waals surface area contributed by atoms with E-state index in [1.54, 1.807) is 0 Å². The Bertz CT molecular complexity index is 480. The van der Waals surface area contributed by atoms with Crippen LogP contribution < -0.4 is 0 Å². The van der Waals surface area contributed by atoms with E-state index in [0.29, 0.717) is 18.3 Å². The second kappa shape index (κ2) is 15.9. The van der Waals surface area contributed by atoms with Crippen molar-refractivity contribution in [3.8, 4) is 0 Å². The summed E-state index contributed by atoms with van der Waals surface area (Å²) in [7, 11) is 0. The van der Waals surface area contributed by atoms with Crippen molar-refractivity contribution in [2.75, 3.05) is 0 Å². The zero-order valence-electron chi connectivity index (χ0n) is 17.5. The number of carbonyl (C=O) groups is 2. The van der Waals surface area contributed by atoms with E-state index in [0.717, 1.165) is 30.4 Å². The summed E-state index contributed by atoms with van der Waals surface area (Å²) in [6, 6.07) is 7.90. The lowest BCUT2D eigenvalue weighted by atomic mass is 9.94. The molecule has 2 atom stereocenters. The monoisotopic (exact) mass is 350 g/mol. The second-order valence-corrected chi connectivity index (χ2v) is 5.29. The molecule has 1 heterocycles. The third-order valence-corrected chi connectivity index (χ3v) is 3.86. The number of ether oxygens (including phenoxy) is 1. The Morgan fingerprint density at radius 3 is 1.92 bits per heavy atom. The maximum absolute atomic E-state index is 11.1. The minimum atomic E-state index is -0.117. The Morgan fingerprint density at radius 1 is 0.920 bits per heavy atom. The number of Topliss-reactive ketones (excluding diaryl/α,β-unsaturated/α-hetero) is 1. The van der Waals surface area contributed by atoms with Gasteiger partial charge in [-0.25, -0.2) is 0 Å². The van der Waals surface area contributed by atoms with E-state index in [1.165, 1.54) is 0 Å². The fourth-order valence-electron chi connectivity index (χ4n) is 2.48. The van der Waals surface area contributed by atoms with Gasteiger partial charge < -0.3 is 4.74 Å². The van der Waals surface area contributed by atoms with E-state index in [2.05, 4.69) is 0 Å². The number of ketones is 1. The van der Waals surface area contributed by atoms with Crippen LogP contribution in [0.3, 0.4) is 0 Å². The quantitative estimate of drug-likeness (QED) is 0.516. The van der Waals surface area contributed by atoms with Crippen molar-refractivity contribution in [3.05, 3.63) is 35.4 Å². The van der Waals surface area contributed by atoms with Gasteiger partial charge in [0.25, 0.3) is 0 Å². The first-order valence-electron chi connectivity index (χ1n) is 9.86. The molecule has 144 valence electrons. The fourth-order valence-corrected chi connectivity index (χ4v) is 2.48. The van der Waals surface area contributed by atoms with Crippen LogP contribution in [-0.4, -0.2) is 11.8 Å². The molecule has 1 saturated carbocycles. The van der Waals surface area contributed by atoms with Gasteiger partial charge in [0.05, 0.1) is 5.92 Å². The first-order valence-corrected chi connectivity index (χ1v) is 9.86. The van der Waals surface area contributed by atoms with Crippen molar-refractivity contribution >= 4 is 11.8 Å². The van der Waals surface area contributed by atoms with E-state index in [-0.39, 0.29) is 11.9 Å².